The lowest BCUT2D eigenvalue weighted by Gasteiger charge is -2.56. The average molecular weight is 581 g/mol. The van der Waals surface area contributed by atoms with Gasteiger partial charge in [-0.05, 0) is 106 Å². The first-order valence-corrected chi connectivity index (χ1v) is 18.0. The average Bonchev–Trinajstić information content (AvgIpc) is 3.02. The molecule has 4 heteroatoms. The van der Waals surface area contributed by atoms with Crippen molar-refractivity contribution in [1.29, 1.82) is 0 Å². The highest BCUT2D eigenvalue weighted by molar-refractivity contribution is 5.87. The number of carbonyl (C=O) groups is 2. The van der Waals surface area contributed by atoms with E-state index in [9.17, 15) is 9.59 Å². The Labute approximate surface area is 256 Å². The van der Waals surface area contributed by atoms with E-state index in [4.69, 9.17) is 9.47 Å². The van der Waals surface area contributed by atoms with Gasteiger partial charge in [-0.3, -0.25) is 0 Å². The molecule has 0 N–H and O–H groups in total. The van der Waals surface area contributed by atoms with Crippen molar-refractivity contribution >= 4 is 11.9 Å². The van der Waals surface area contributed by atoms with E-state index in [-0.39, 0.29) is 24.1 Å². The Balaban J connectivity index is 1.38. The van der Waals surface area contributed by atoms with E-state index in [2.05, 4.69) is 13.2 Å². The van der Waals surface area contributed by atoms with Crippen molar-refractivity contribution in [2.75, 3.05) is 0 Å². The van der Waals surface area contributed by atoms with E-state index in [1.54, 1.807) is 13.8 Å². The van der Waals surface area contributed by atoms with Gasteiger partial charge in [-0.1, -0.05) is 96.6 Å². The summed E-state index contributed by atoms with van der Waals surface area (Å²) in [5.41, 5.74) is 1.45. The molecule has 6 unspecified atom stereocenters. The third kappa shape index (κ3) is 7.20. The van der Waals surface area contributed by atoms with Gasteiger partial charge in [-0.25, -0.2) is 9.59 Å². The Morgan fingerprint density at radius 1 is 0.548 bits per heavy atom. The van der Waals surface area contributed by atoms with E-state index in [0.717, 1.165) is 24.7 Å². The molecule has 5 rings (SSSR count). The maximum Gasteiger partial charge on any atom is 0.333 e. The number of ether oxygens (including phenoxy) is 2. The second kappa shape index (κ2) is 14.5. The Morgan fingerprint density at radius 2 is 0.929 bits per heavy atom. The molecule has 0 saturated heterocycles. The maximum absolute atomic E-state index is 12.7. The Morgan fingerprint density at radius 3 is 1.31 bits per heavy atom. The van der Waals surface area contributed by atoms with Crippen LogP contribution >= 0.6 is 0 Å². The summed E-state index contributed by atoms with van der Waals surface area (Å²) in [6.45, 7) is 11.3. The highest BCUT2D eigenvalue weighted by atomic mass is 16.5. The normalized spacial score (nSPS) is 34.7. The van der Waals surface area contributed by atoms with E-state index in [0.29, 0.717) is 40.2 Å². The zero-order valence-electron chi connectivity index (χ0n) is 27.0. The second-order valence-electron chi connectivity index (χ2n) is 15.4. The summed E-state index contributed by atoms with van der Waals surface area (Å²) < 4.78 is 12.4. The van der Waals surface area contributed by atoms with Gasteiger partial charge in [0.15, 0.2) is 0 Å². The SMILES string of the molecule is C=C(C)C(=O)OC1CCC(C2(C3CCC(OC(=O)C(=C)C)C(C4CCCCC4)C3)CCCCC2)CC1C1CCCCC1. The number of hydrogen-bond donors (Lipinski definition) is 0. The fourth-order valence-electron chi connectivity index (χ4n) is 10.6. The molecule has 6 atom stereocenters. The van der Waals surface area contributed by atoms with Gasteiger partial charge in [0.1, 0.15) is 12.2 Å². The minimum absolute atomic E-state index is 0.0569. The van der Waals surface area contributed by atoms with Gasteiger partial charge in [0.2, 0.25) is 0 Å². The Hall–Kier alpha value is -1.58. The quantitative estimate of drug-likeness (QED) is 0.212. The maximum atomic E-state index is 12.7. The molecule has 42 heavy (non-hydrogen) atoms. The van der Waals surface area contributed by atoms with Crippen LogP contribution in [-0.4, -0.2) is 24.1 Å². The molecule has 0 aromatic carbocycles. The monoisotopic (exact) mass is 580 g/mol. The minimum atomic E-state index is -0.190. The highest BCUT2D eigenvalue weighted by Crippen LogP contribution is 2.60. The van der Waals surface area contributed by atoms with Gasteiger partial charge in [0.25, 0.3) is 0 Å². The number of rotatable bonds is 8. The van der Waals surface area contributed by atoms with Crippen LogP contribution in [0.1, 0.15) is 149 Å². The van der Waals surface area contributed by atoms with Crippen LogP contribution < -0.4 is 0 Å². The molecular weight excluding hydrogens is 520 g/mol. The van der Waals surface area contributed by atoms with Crippen molar-refractivity contribution in [3.8, 4) is 0 Å². The van der Waals surface area contributed by atoms with Gasteiger partial charge in [-0.2, -0.15) is 0 Å². The molecule has 0 heterocycles. The third-order valence-electron chi connectivity index (χ3n) is 12.8. The molecule has 0 bridgehead atoms. The van der Waals surface area contributed by atoms with Crippen molar-refractivity contribution in [2.45, 2.75) is 161 Å². The Kier molecular flexibility index (Phi) is 11.0. The fourth-order valence-corrected chi connectivity index (χ4v) is 10.6. The predicted octanol–water partition coefficient (Wildman–Crippen LogP) is 9.91. The molecule has 236 valence electrons. The third-order valence-corrected chi connectivity index (χ3v) is 12.8. The van der Waals surface area contributed by atoms with Crippen molar-refractivity contribution < 1.29 is 19.1 Å². The fraction of sp³-hybridized carbons (Fsp3) is 0.842. The van der Waals surface area contributed by atoms with Gasteiger partial charge >= 0.3 is 11.9 Å². The molecule has 4 nitrogen and oxygen atoms in total. The first-order chi connectivity index (χ1) is 20.3. The van der Waals surface area contributed by atoms with Crippen LogP contribution in [0.4, 0.5) is 0 Å². The van der Waals surface area contributed by atoms with Crippen LogP contribution in [0.5, 0.6) is 0 Å². The van der Waals surface area contributed by atoms with Crippen molar-refractivity contribution in [2.24, 2.45) is 40.9 Å². The molecule has 5 aliphatic carbocycles. The van der Waals surface area contributed by atoms with Crippen LogP contribution in [0, 0.1) is 40.9 Å². The zero-order chi connectivity index (χ0) is 29.7. The molecule has 0 spiro atoms. The molecule has 5 aliphatic rings. The number of carbonyl (C=O) groups excluding carboxylic acids is 2. The van der Waals surface area contributed by atoms with Crippen molar-refractivity contribution in [1.82, 2.24) is 0 Å². The molecule has 5 fully saturated rings. The highest BCUT2D eigenvalue weighted by Gasteiger charge is 2.52. The number of esters is 2. The topological polar surface area (TPSA) is 52.6 Å². The summed E-state index contributed by atoms with van der Waals surface area (Å²) >= 11 is 0. The first-order valence-electron chi connectivity index (χ1n) is 18.0. The molecule has 0 aliphatic heterocycles. The van der Waals surface area contributed by atoms with Crippen LogP contribution in [0.25, 0.3) is 0 Å². The number of hydrogen-bond acceptors (Lipinski definition) is 4. The molecular formula is C38H60O4. The van der Waals surface area contributed by atoms with E-state index < -0.39 is 0 Å². The summed E-state index contributed by atoms with van der Waals surface area (Å²) in [6, 6.07) is 0. The minimum Gasteiger partial charge on any atom is -0.459 e. The van der Waals surface area contributed by atoms with Crippen molar-refractivity contribution in [3.63, 3.8) is 0 Å². The summed E-state index contributed by atoms with van der Waals surface area (Å²) in [5, 5.41) is 0. The van der Waals surface area contributed by atoms with Gasteiger partial charge in [0.05, 0.1) is 0 Å². The van der Waals surface area contributed by atoms with Crippen LogP contribution in [0.2, 0.25) is 0 Å². The summed E-state index contributed by atoms with van der Waals surface area (Å²) in [7, 11) is 0. The lowest BCUT2D eigenvalue weighted by molar-refractivity contribution is -0.158. The Bertz CT molecular complexity index is 878. The summed E-state index contributed by atoms with van der Waals surface area (Å²) in [5.74, 6) is 3.43. The zero-order valence-corrected chi connectivity index (χ0v) is 27.0. The predicted molar refractivity (Wildman–Crippen MR) is 170 cm³/mol. The van der Waals surface area contributed by atoms with Gasteiger partial charge in [0, 0.05) is 11.1 Å². The first kappa shape index (κ1) is 31.8. The van der Waals surface area contributed by atoms with Gasteiger partial charge < -0.3 is 9.47 Å². The van der Waals surface area contributed by atoms with E-state index in [1.165, 1.54) is 122 Å². The van der Waals surface area contributed by atoms with Crippen LogP contribution in [-0.2, 0) is 19.1 Å². The molecule has 0 amide bonds. The molecule has 0 aromatic rings. The van der Waals surface area contributed by atoms with Gasteiger partial charge in [-0.15, -0.1) is 0 Å². The molecule has 0 aromatic heterocycles. The lowest BCUT2D eigenvalue weighted by atomic mass is 9.50. The molecule has 5 saturated carbocycles. The van der Waals surface area contributed by atoms with E-state index in [1.807, 2.05) is 0 Å². The molecule has 0 radical (unpaired) electrons. The lowest BCUT2D eigenvalue weighted by Crippen LogP contribution is -2.50. The van der Waals surface area contributed by atoms with Crippen LogP contribution in [0.3, 0.4) is 0 Å². The van der Waals surface area contributed by atoms with Crippen molar-refractivity contribution in [3.05, 3.63) is 24.3 Å². The summed E-state index contributed by atoms with van der Waals surface area (Å²) in [6.07, 6.45) is 27.0. The summed E-state index contributed by atoms with van der Waals surface area (Å²) in [4.78, 5) is 25.4. The van der Waals surface area contributed by atoms with E-state index >= 15 is 0 Å². The van der Waals surface area contributed by atoms with Crippen LogP contribution in [0.15, 0.2) is 24.3 Å². The largest absolute Gasteiger partial charge is 0.459 e. The smallest absolute Gasteiger partial charge is 0.333 e. The standard InChI is InChI=1S/C38H60O4/c1-26(2)36(39)41-34-20-18-30(24-32(34)28-14-8-5-9-15-28)38(22-12-7-13-23-38)31-19-21-35(42-37(40)27(3)4)33(25-31)29-16-10-6-11-17-29/h28-35H,1,3,5-25H2,2,4H3. The second-order valence-corrected chi connectivity index (χ2v) is 15.4.